The summed E-state index contributed by atoms with van der Waals surface area (Å²) in [6, 6.07) is 0.401. The first-order valence-corrected chi connectivity index (χ1v) is 13.7. The van der Waals surface area contributed by atoms with Gasteiger partial charge in [0.15, 0.2) is 11.4 Å². The highest BCUT2D eigenvalue weighted by molar-refractivity contribution is 6.33. The van der Waals surface area contributed by atoms with Gasteiger partial charge in [0.25, 0.3) is 5.91 Å². The van der Waals surface area contributed by atoms with Crippen molar-refractivity contribution < 1.29 is 34.8 Å². The van der Waals surface area contributed by atoms with Crippen LogP contribution < -0.4 is 5.73 Å². The van der Waals surface area contributed by atoms with Crippen LogP contribution in [0.5, 0.6) is 5.75 Å². The van der Waals surface area contributed by atoms with Crippen LogP contribution in [0.1, 0.15) is 55.6 Å². The number of carbonyl (C=O) groups excluding carboxylic acids is 3. The van der Waals surface area contributed by atoms with Crippen molar-refractivity contribution >= 4 is 29.1 Å². The van der Waals surface area contributed by atoms with E-state index in [4.69, 9.17) is 17.3 Å². The molecule has 1 amide bonds. The van der Waals surface area contributed by atoms with E-state index in [1.165, 1.54) is 11.0 Å². The molecule has 0 saturated heterocycles. The SMILES string of the molecule is CC(C)CN(C)C(C)(C)c1cc(O)c2c(c1Cl)C[C@H]1C[C@H]3[C@H](N(C)C)C(O)=C(C(N)=O)C(=O)[C@@]3(O)C(O)=C1C2=O. The van der Waals surface area contributed by atoms with Gasteiger partial charge in [-0.3, -0.25) is 24.2 Å². The Bertz CT molecular complexity index is 1380. The maximum atomic E-state index is 13.9. The maximum absolute atomic E-state index is 13.9. The largest absolute Gasteiger partial charge is 0.510 e. The maximum Gasteiger partial charge on any atom is 0.255 e. The summed E-state index contributed by atoms with van der Waals surface area (Å²) in [5.41, 5.74) is 2.00. The number of amides is 1. The van der Waals surface area contributed by atoms with E-state index < -0.39 is 63.6 Å². The van der Waals surface area contributed by atoms with Gasteiger partial charge in [0, 0.05) is 28.6 Å². The van der Waals surface area contributed by atoms with Crippen molar-refractivity contribution in [3.63, 3.8) is 0 Å². The van der Waals surface area contributed by atoms with Gasteiger partial charge in [-0.05, 0) is 76.9 Å². The predicted molar refractivity (Wildman–Crippen MR) is 149 cm³/mol. The van der Waals surface area contributed by atoms with E-state index >= 15 is 0 Å². The molecule has 10 nitrogen and oxygen atoms in total. The number of aromatic hydroxyl groups is 1. The van der Waals surface area contributed by atoms with E-state index in [2.05, 4.69) is 18.7 Å². The van der Waals surface area contributed by atoms with E-state index in [9.17, 15) is 34.8 Å². The number of nitrogens with zero attached hydrogens (tertiary/aromatic N) is 2. The van der Waals surface area contributed by atoms with Gasteiger partial charge < -0.3 is 26.2 Å². The van der Waals surface area contributed by atoms with E-state index in [0.717, 1.165) is 6.54 Å². The molecule has 218 valence electrons. The molecule has 6 N–H and O–H groups in total. The molecule has 0 aliphatic heterocycles. The summed E-state index contributed by atoms with van der Waals surface area (Å²) in [6.45, 7) is 8.90. The number of Topliss-reactive ketones (excluding diaryl/α,β-unsaturated/α-hetero) is 2. The Kier molecular flexibility index (Phi) is 7.41. The van der Waals surface area contributed by atoms with Crippen LogP contribution in [0.15, 0.2) is 28.7 Å². The molecule has 0 fully saturated rings. The number of nitrogens with two attached hydrogens (primary N) is 1. The lowest BCUT2D eigenvalue weighted by molar-refractivity contribution is -0.148. The fourth-order valence-electron chi connectivity index (χ4n) is 6.72. The number of ketones is 2. The number of hydrogen-bond acceptors (Lipinski definition) is 9. The number of aliphatic hydroxyl groups is 3. The van der Waals surface area contributed by atoms with E-state index in [1.807, 2.05) is 20.9 Å². The van der Waals surface area contributed by atoms with Crippen molar-refractivity contribution in [2.24, 2.45) is 23.5 Å². The number of phenolic OH excluding ortho intramolecular Hbond substituents is 1. The van der Waals surface area contributed by atoms with Crippen LogP contribution in [-0.2, 0) is 21.5 Å². The summed E-state index contributed by atoms with van der Waals surface area (Å²) in [7, 11) is 5.13. The van der Waals surface area contributed by atoms with Crippen LogP contribution in [0.25, 0.3) is 0 Å². The zero-order valence-corrected chi connectivity index (χ0v) is 24.6. The number of aliphatic hydroxyl groups excluding tert-OH is 2. The fraction of sp³-hybridized carbons (Fsp3) is 0.552. The van der Waals surface area contributed by atoms with Gasteiger partial charge in [-0.2, -0.15) is 0 Å². The van der Waals surface area contributed by atoms with Crippen molar-refractivity contribution in [1.29, 1.82) is 0 Å². The van der Waals surface area contributed by atoms with Crippen LogP contribution in [0.2, 0.25) is 5.02 Å². The number of likely N-dealkylation sites (N-methyl/N-ethyl adjacent to an activating group) is 1. The van der Waals surface area contributed by atoms with Crippen molar-refractivity contribution in [3.05, 3.63) is 50.4 Å². The topological polar surface area (TPSA) is 165 Å². The quantitative estimate of drug-likeness (QED) is 0.321. The number of phenols is 1. The standard InChI is InChI=1S/C29H38ClN3O7/c1-12(2)11-33(7)28(3,4)15-10-17(34)19-14(21(15)30)8-13-9-16-22(32(5)6)24(36)20(27(31)39)26(38)29(16,40)25(37)18(13)23(19)35/h10,12-13,16,22,34,36-37,40H,8-9,11H2,1-7H3,(H2,31,39)/t13-,16-,22-,29-/m0/s1. The molecule has 0 unspecified atom stereocenters. The summed E-state index contributed by atoms with van der Waals surface area (Å²) in [5, 5.41) is 45.4. The molecule has 4 rings (SSSR count). The number of primary amides is 1. The van der Waals surface area contributed by atoms with E-state index in [-0.39, 0.29) is 29.7 Å². The highest BCUT2D eigenvalue weighted by atomic mass is 35.5. The fourth-order valence-corrected chi connectivity index (χ4v) is 7.18. The van der Waals surface area contributed by atoms with Crippen molar-refractivity contribution in [2.75, 3.05) is 27.7 Å². The molecule has 11 heteroatoms. The Hall–Kier alpha value is -2.92. The number of allylic oxidation sites excluding steroid dienone is 1. The van der Waals surface area contributed by atoms with E-state index in [0.29, 0.717) is 22.1 Å². The molecular formula is C29H38ClN3O7. The van der Waals surface area contributed by atoms with Crippen LogP contribution in [0.4, 0.5) is 0 Å². The molecule has 1 aromatic carbocycles. The lowest BCUT2D eigenvalue weighted by Gasteiger charge is -2.50. The number of halogens is 1. The van der Waals surface area contributed by atoms with Gasteiger partial charge in [0.1, 0.15) is 22.8 Å². The Balaban J connectivity index is 1.91. The smallest absolute Gasteiger partial charge is 0.255 e. The zero-order valence-electron chi connectivity index (χ0n) is 23.9. The van der Waals surface area contributed by atoms with Gasteiger partial charge >= 0.3 is 0 Å². The molecular weight excluding hydrogens is 538 g/mol. The highest BCUT2D eigenvalue weighted by Crippen LogP contribution is 2.53. The molecule has 3 aliphatic carbocycles. The van der Waals surface area contributed by atoms with Crippen molar-refractivity contribution in [3.8, 4) is 5.75 Å². The molecule has 0 spiro atoms. The van der Waals surface area contributed by atoms with Gasteiger partial charge in [-0.25, -0.2) is 0 Å². The number of carbonyl (C=O) groups is 3. The minimum absolute atomic E-state index is 0.00370. The summed E-state index contributed by atoms with van der Waals surface area (Å²) < 4.78 is 0. The lowest BCUT2D eigenvalue weighted by atomic mass is 9.58. The zero-order chi connectivity index (χ0) is 30.2. The Labute approximate surface area is 238 Å². The van der Waals surface area contributed by atoms with Crippen LogP contribution in [-0.4, -0.2) is 87.0 Å². The minimum atomic E-state index is -2.68. The third-order valence-corrected chi connectivity index (χ3v) is 9.34. The summed E-state index contributed by atoms with van der Waals surface area (Å²) in [4.78, 5) is 43.0. The monoisotopic (exact) mass is 575 g/mol. The average molecular weight is 576 g/mol. The third kappa shape index (κ3) is 4.15. The molecule has 0 radical (unpaired) electrons. The number of fused-ring (bicyclic) bond motifs is 3. The predicted octanol–water partition coefficient (Wildman–Crippen LogP) is 2.60. The molecule has 0 saturated carbocycles. The second-order valence-electron chi connectivity index (χ2n) is 12.4. The van der Waals surface area contributed by atoms with Gasteiger partial charge in [-0.1, -0.05) is 25.4 Å². The number of rotatable bonds is 6. The second kappa shape index (κ2) is 9.87. The molecule has 3 aliphatic rings. The summed E-state index contributed by atoms with van der Waals surface area (Å²) in [5.74, 6) is -6.53. The Morgan fingerprint density at radius 3 is 2.33 bits per heavy atom. The lowest BCUT2D eigenvalue weighted by Crippen LogP contribution is -2.63. The van der Waals surface area contributed by atoms with Crippen LogP contribution in [0, 0.1) is 17.8 Å². The average Bonchev–Trinajstić information content (AvgIpc) is 2.82. The summed E-state index contributed by atoms with van der Waals surface area (Å²) >= 11 is 6.96. The van der Waals surface area contributed by atoms with Gasteiger partial charge in [-0.15, -0.1) is 0 Å². The molecule has 1 aromatic rings. The first-order valence-electron chi connectivity index (χ1n) is 13.3. The van der Waals surface area contributed by atoms with Crippen LogP contribution >= 0.6 is 11.6 Å². The van der Waals surface area contributed by atoms with E-state index in [1.54, 1.807) is 14.1 Å². The molecule has 0 bridgehead atoms. The highest BCUT2D eigenvalue weighted by Gasteiger charge is 2.63. The second-order valence-corrected chi connectivity index (χ2v) is 12.8. The van der Waals surface area contributed by atoms with Gasteiger partial charge in [0.05, 0.1) is 11.6 Å². The number of benzene rings is 1. The minimum Gasteiger partial charge on any atom is -0.510 e. The van der Waals surface area contributed by atoms with Crippen molar-refractivity contribution in [1.82, 2.24) is 9.80 Å². The van der Waals surface area contributed by atoms with Crippen LogP contribution in [0.3, 0.4) is 0 Å². The Morgan fingerprint density at radius 1 is 1.20 bits per heavy atom. The molecule has 0 aromatic heterocycles. The van der Waals surface area contributed by atoms with Gasteiger partial charge in [0.2, 0.25) is 5.78 Å². The number of hydrogen-bond donors (Lipinski definition) is 5. The summed E-state index contributed by atoms with van der Waals surface area (Å²) in [6.07, 6.45) is 0.141. The first kappa shape index (κ1) is 30.0. The third-order valence-electron chi connectivity index (χ3n) is 8.91. The van der Waals surface area contributed by atoms with Crippen molar-refractivity contribution in [2.45, 2.75) is 57.7 Å². The normalized spacial score (nSPS) is 26.9. The molecule has 40 heavy (non-hydrogen) atoms. The Morgan fingerprint density at radius 2 is 1.80 bits per heavy atom. The molecule has 0 heterocycles. The molecule has 4 atom stereocenters. The first-order chi connectivity index (χ1) is 18.4.